The summed E-state index contributed by atoms with van der Waals surface area (Å²) < 4.78 is 2.55. The van der Waals surface area contributed by atoms with Crippen molar-refractivity contribution >= 4 is 23.3 Å². The van der Waals surface area contributed by atoms with Crippen LogP contribution in [0.25, 0.3) is 17.2 Å². The van der Waals surface area contributed by atoms with Gasteiger partial charge in [-0.15, -0.1) is 0 Å². The van der Waals surface area contributed by atoms with E-state index in [-0.39, 0.29) is 11.7 Å². The number of fused-ring (bicyclic) bond motifs is 1. The van der Waals surface area contributed by atoms with Crippen LogP contribution in [0.1, 0.15) is 25.6 Å². The highest BCUT2D eigenvalue weighted by atomic mass is 16.2. The number of carbonyl (C=O) groups excluding carboxylic acids is 1. The minimum Gasteiger partial charge on any atom is -0.324 e. The maximum atomic E-state index is 12.5. The number of carbonyl (C=O) groups is 1. The number of rotatable bonds is 1. The number of nitrogens with zero attached hydrogens (tertiary/aromatic N) is 5. The van der Waals surface area contributed by atoms with Crippen LogP contribution in [0, 0.1) is 0 Å². The van der Waals surface area contributed by atoms with E-state index in [1.807, 2.05) is 13.0 Å². The zero-order valence-electron chi connectivity index (χ0n) is 12.1. The zero-order chi connectivity index (χ0) is 15.0. The molecule has 0 aliphatic carbocycles. The average molecular weight is 287 g/mol. The number of aromatic nitrogens is 4. The number of aryl methyl sites for hydroxylation is 1. The van der Waals surface area contributed by atoms with E-state index in [2.05, 4.69) is 9.97 Å². The number of imidazole rings is 1. The fraction of sp³-hybridized carbons (Fsp3) is 0.429. The Kier molecular flexibility index (Phi) is 3.32. The molecule has 110 valence electrons. The smallest absolute Gasteiger partial charge is 0.324 e. The number of hydrogen-bond acceptors (Lipinski definition) is 4. The van der Waals surface area contributed by atoms with Crippen LogP contribution in [0.5, 0.6) is 0 Å². The lowest BCUT2D eigenvalue weighted by molar-refractivity contribution is 0.210. The summed E-state index contributed by atoms with van der Waals surface area (Å²) in [5.41, 5.74) is 0.539. The highest BCUT2D eigenvalue weighted by Crippen LogP contribution is 2.14. The molecule has 7 nitrogen and oxygen atoms in total. The maximum Gasteiger partial charge on any atom is 0.338 e. The van der Waals surface area contributed by atoms with Crippen LogP contribution in [0.3, 0.4) is 0 Å². The SMILES string of the molecule is C/C=C/c1ncc2c(n1)n(C)c(=O)n2C(=O)N1CCCC1. The summed E-state index contributed by atoms with van der Waals surface area (Å²) in [5, 5.41) is 0. The highest BCUT2D eigenvalue weighted by molar-refractivity contribution is 5.87. The van der Waals surface area contributed by atoms with Crippen LogP contribution < -0.4 is 5.69 Å². The van der Waals surface area contributed by atoms with E-state index in [9.17, 15) is 9.59 Å². The van der Waals surface area contributed by atoms with Gasteiger partial charge in [0.05, 0.1) is 6.20 Å². The molecular formula is C14H17N5O2. The molecule has 7 heteroatoms. The molecule has 21 heavy (non-hydrogen) atoms. The summed E-state index contributed by atoms with van der Waals surface area (Å²) in [6.07, 6.45) is 7.07. The molecule has 0 bridgehead atoms. The molecule has 0 aromatic carbocycles. The van der Waals surface area contributed by atoms with E-state index in [1.54, 1.807) is 18.0 Å². The summed E-state index contributed by atoms with van der Waals surface area (Å²) in [6, 6.07) is -0.287. The first-order valence-corrected chi connectivity index (χ1v) is 7.00. The lowest BCUT2D eigenvalue weighted by Crippen LogP contribution is -2.38. The number of likely N-dealkylation sites (tertiary alicyclic amines) is 1. The van der Waals surface area contributed by atoms with Gasteiger partial charge in [0.25, 0.3) is 0 Å². The standard InChI is InChI=1S/C14H17N5O2/c1-3-6-11-15-9-10-12(16-11)17(2)13(20)19(10)14(21)18-7-4-5-8-18/h3,6,9H,4-5,7-8H2,1-2H3/b6-3+. The molecule has 3 heterocycles. The van der Waals surface area contributed by atoms with E-state index in [0.29, 0.717) is 30.1 Å². The molecule has 3 rings (SSSR count). The predicted octanol–water partition coefficient (Wildman–Crippen LogP) is 1.23. The molecule has 2 aromatic rings. The van der Waals surface area contributed by atoms with Gasteiger partial charge >= 0.3 is 11.7 Å². The second kappa shape index (κ2) is 5.16. The van der Waals surface area contributed by atoms with Crippen molar-refractivity contribution in [1.82, 2.24) is 24.0 Å². The Hall–Kier alpha value is -2.44. The second-order valence-electron chi connectivity index (χ2n) is 5.09. The molecule has 2 aromatic heterocycles. The van der Waals surface area contributed by atoms with E-state index >= 15 is 0 Å². The first-order chi connectivity index (χ1) is 10.1. The van der Waals surface area contributed by atoms with Crippen molar-refractivity contribution in [1.29, 1.82) is 0 Å². The van der Waals surface area contributed by atoms with Gasteiger partial charge in [-0.25, -0.2) is 24.1 Å². The number of hydrogen-bond donors (Lipinski definition) is 0. The fourth-order valence-electron chi connectivity index (χ4n) is 2.59. The molecule has 1 aliphatic heterocycles. The molecule has 1 fully saturated rings. The summed E-state index contributed by atoms with van der Waals surface area (Å²) in [5.74, 6) is 0.520. The molecule has 0 unspecified atom stereocenters. The Morgan fingerprint density at radius 1 is 1.33 bits per heavy atom. The first-order valence-electron chi connectivity index (χ1n) is 7.00. The highest BCUT2D eigenvalue weighted by Gasteiger charge is 2.25. The van der Waals surface area contributed by atoms with E-state index in [4.69, 9.17) is 0 Å². The average Bonchev–Trinajstić information content (AvgIpc) is 3.09. The zero-order valence-corrected chi connectivity index (χ0v) is 12.1. The largest absolute Gasteiger partial charge is 0.338 e. The van der Waals surface area contributed by atoms with Gasteiger partial charge in [0.15, 0.2) is 11.5 Å². The van der Waals surface area contributed by atoms with Crippen LogP contribution in [0.15, 0.2) is 17.1 Å². The van der Waals surface area contributed by atoms with E-state index in [1.165, 1.54) is 15.3 Å². The third kappa shape index (κ3) is 2.14. The van der Waals surface area contributed by atoms with Gasteiger partial charge in [-0.1, -0.05) is 6.08 Å². The molecule has 1 amide bonds. The van der Waals surface area contributed by atoms with Gasteiger partial charge in [0.1, 0.15) is 5.52 Å². The van der Waals surface area contributed by atoms with E-state index in [0.717, 1.165) is 12.8 Å². The predicted molar refractivity (Wildman–Crippen MR) is 79.1 cm³/mol. The molecule has 1 aliphatic rings. The van der Waals surface area contributed by atoms with Gasteiger partial charge in [-0.2, -0.15) is 0 Å². The third-order valence-electron chi connectivity index (χ3n) is 3.69. The maximum absolute atomic E-state index is 12.5. The molecule has 0 radical (unpaired) electrons. The van der Waals surface area contributed by atoms with Crippen LogP contribution in [-0.2, 0) is 7.05 Å². The molecule has 1 saturated heterocycles. The molecule has 0 saturated carbocycles. The molecule has 0 spiro atoms. The van der Waals surface area contributed by atoms with Crippen molar-refractivity contribution in [2.24, 2.45) is 7.05 Å². The Bertz CT molecular complexity index is 780. The van der Waals surface area contributed by atoms with Crippen LogP contribution in [0.4, 0.5) is 4.79 Å². The van der Waals surface area contributed by atoms with Gasteiger partial charge in [-0.3, -0.25) is 4.57 Å². The van der Waals surface area contributed by atoms with Crippen LogP contribution >= 0.6 is 0 Å². The Labute approximate surface area is 121 Å². The van der Waals surface area contributed by atoms with Crippen molar-refractivity contribution in [3.8, 4) is 0 Å². The monoisotopic (exact) mass is 287 g/mol. The summed E-state index contributed by atoms with van der Waals surface area (Å²) >= 11 is 0. The fourth-order valence-corrected chi connectivity index (χ4v) is 2.59. The lowest BCUT2D eigenvalue weighted by Gasteiger charge is -2.14. The van der Waals surface area contributed by atoms with Crippen LogP contribution in [0.2, 0.25) is 0 Å². The molecule has 0 atom stereocenters. The minimum absolute atomic E-state index is 0.287. The van der Waals surface area contributed by atoms with Crippen molar-refractivity contribution in [3.63, 3.8) is 0 Å². The van der Waals surface area contributed by atoms with Crippen LogP contribution in [-0.4, -0.2) is 43.1 Å². The normalized spacial score (nSPS) is 15.4. The minimum atomic E-state index is -0.381. The summed E-state index contributed by atoms with van der Waals surface area (Å²) in [4.78, 5) is 35.1. The molecule has 0 N–H and O–H groups in total. The van der Waals surface area contributed by atoms with E-state index < -0.39 is 0 Å². The Morgan fingerprint density at radius 2 is 2.05 bits per heavy atom. The summed E-state index contributed by atoms with van der Waals surface area (Å²) in [7, 11) is 1.62. The summed E-state index contributed by atoms with van der Waals surface area (Å²) in [6.45, 7) is 3.26. The third-order valence-corrected chi connectivity index (χ3v) is 3.69. The second-order valence-corrected chi connectivity index (χ2v) is 5.09. The van der Waals surface area contributed by atoms with Gasteiger partial charge in [0.2, 0.25) is 0 Å². The number of amides is 1. The van der Waals surface area contributed by atoms with Gasteiger partial charge < -0.3 is 4.90 Å². The quantitative estimate of drug-likeness (QED) is 0.790. The lowest BCUT2D eigenvalue weighted by atomic mass is 10.4. The Morgan fingerprint density at radius 3 is 2.71 bits per heavy atom. The van der Waals surface area contributed by atoms with Crippen molar-refractivity contribution in [2.75, 3.05) is 13.1 Å². The Balaban J connectivity index is 2.16. The van der Waals surface area contributed by atoms with Gasteiger partial charge in [-0.05, 0) is 25.8 Å². The van der Waals surface area contributed by atoms with Gasteiger partial charge in [0, 0.05) is 20.1 Å². The molecular weight excluding hydrogens is 270 g/mol. The van der Waals surface area contributed by atoms with Crippen molar-refractivity contribution in [3.05, 3.63) is 28.6 Å². The number of allylic oxidation sites excluding steroid dienone is 1. The van der Waals surface area contributed by atoms with Crippen molar-refractivity contribution < 1.29 is 4.79 Å². The van der Waals surface area contributed by atoms with Crippen molar-refractivity contribution in [2.45, 2.75) is 19.8 Å². The first kappa shape index (κ1) is 13.5. The topological polar surface area (TPSA) is 73.0 Å².